The van der Waals surface area contributed by atoms with E-state index in [-0.39, 0.29) is 49.9 Å². The van der Waals surface area contributed by atoms with Crippen LogP contribution in [0.1, 0.15) is 52.4 Å². The minimum Gasteiger partial charge on any atom is -0.466 e. The Balaban J connectivity index is 3.40. The smallest absolute Gasteiger partial charge is 0.314 e. The Kier molecular flexibility index (Phi) is 16.3. The summed E-state index contributed by atoms with van der Waals surface area (Å²) < 4.78 is 9.52. The van der Waals surface area contributed by atoms with Gasteiger partial charge in [-0.2, -0.15) is 0 Å². The monoisotopic (exact) mass is 402 g/mol. The highest BCUT2D eigenvalue weighted by molar-refractivity contribution is 5.75. The van der Waals surface area contributed by atoms with E-state index in [1.807, 2.05) is 0 Å². The molecule has 0 saturated heterocycles. The summed E-state index contributed by atoms with van der Waals surface area (Å²) in [7, 11) is 0. The summed E-state index contributed by atoms with van der Waals surface area (Å²) in [6.07, 6.45) is 3.83. The first-order valence-corrected chi connectivity index (χ1v) is 9.84. The van der Waals surface area contributed by atoms with E-state index in [1.54, 1.807) is 13.8 Å². The lowest BCUT2D eigenvalue weighted by atomic mass is 10.2. The van der Waals surface area contributed by atoms with Crippen molar-refractivity contribution in [1.29, 1.82) is 0 Å². The van der Waals surface area contributed by atoms with Gasteiger partial charge in [-0.25, -0.2) is 9.59 Å². The van der Waals surface area contributed by atoms with Gasteiger partial charge in [0.25, 0.3) is 0 Å². The van der Waals surface area contributed by atoms with Crippen molar-refractivity contribution < 1.29 is 28.7 Å². The van der Waals surface area contributed by atoms with Crippen molar-refractivity contribution in [3.8, 4) is 0 Å². The van der Waals surface area contributed by atoms with Gasteiger partial charge in [0.15, 0.2) is 0 Å². The maximum Gasteiger partial charge on any atom is 0.314 e. The predicted octanol–water partition coefficient (Wildman–Crippen LogP) is 1.05. The van der Waals surface area contributed by atoms with Gasteiger partial charge in [-0.05, 0) is 26.7 Å². The Morgan fingerprint density at radius 2 is 0.929 bits per heavy atom. The highest BCUT2D eigenvalue weighted by Gasteiger charge is 2.05. The van der Waals surface area contributed by atoms with E-state index in [9.17, 15) is 19.2 Å². The first-order chi connectivity index (χ1) is 13.5. The van der Waals surface area contributed by atoms with Gasteiger partial charge in [0, 0.05) is 26.2 Å². The van der Waals surface area contributed by atoms with Gasteiger partial charge in [0.1, 0.15) is 0 Å². The first-order valence-electron chi connectivity index (χ1n) is 9.84. The van der Waals surface area contributed by atoms with Crippen molar-refractivity contribution in [2.45, 2.75) is 52.4 Å². The van der Waals surface area contributed by atoms with Crippen molar-refractivity contribution in [3.05, 3.63) is 0 Å². The molecule has 0 aliphatic heterocycles. The first kappa shape index (κ1) is 25.5. The number of carbonyl (C=O) groups excluding carboxylic acids is 4. The molecule has 0 aromatic rings. The van der Waals surface area contributed by atoms with Crippen molar-refractivity contribution >= 4 is 24.0 Å². The lowest BCUT2D eigenvalue weighted by Crippen LogP contribution is -2.37. The van der Waals surface area contributed by atoms with Crippen LogP contribution in [0.3, 0.4) is 0 Å². The van der Waals surface area contributed by atoms with Crippen LogP contribution < -0.4 is 21.3 Å². The van der Waals surface area contributed by atoms with Gasteiger partial charge >= 0.3 is 24.0 Å². The molecule has 10 heteroatoms. The lowest BCUT2D eigenvalue weighted by molar-refractivity contribution is -0.143. The highest BCUT2D eigenvalue weighted by Crippen LogP contribution is 1.97. The standard InChI is InChI=1S/C18H34N4O6/c1-3-27-15(23)9-13-21-17(25)19-11-7-5-6-8-12-20-18(26)22-14-10-16(24)28-4-2/h3-14H2,1-2H3,(H2,19,21,25)(H2,20,22,26). The summed E-state index contributed by atoms with van der Waals surface area (Å²) in [5.74, 6) is -0.659. The largest absolute Gasteiger partial charge is 0.466 e. The van der Waals surface area contributed by atoms with Crippen molar-refractivity contribution in [2.75, 3.05) is 39.4 Å². The fourth-order valence-corrected chi connectivity index (χ4v) is 2.15. The van der Waals surface area contributed by atoms with Crippen molar-refractivity contribution in [1.82, 2.24) is 21.3 Å². The zero-order valence-corrected chi connectivity index (χ0v) is 16.9. The SMILES string of the molecule is CCOC(=O)CCNC(=O)NCCCCCCNC(=O)NCCC(=O)OCC. The fourth-order valence-electron chi connectivity index (χ4n) is 2.15. The second-order valence-corrected chi connectivity index (χ2v) is 5.89. The van der Waals surface area contributed by atoms with Crippen LogP contribution in [0.2, 0.25) is 0 Å². The third-order valence-electron chi connectivity index (χ3n) is 3.51. The Morgan fingerprint density at radius 1 is 0.571 bits per heavy atom. The molecule has 0 aromatic carbocycles. The summed E-state index contributed by atoms with van der Waals surface area (Å²) >= 11 is 0. The van der Waals surface area contributed by atoms with Gasteiger partial charge in [0.05, 0.1) is 26.1 Å². The summed E-state index contributed by atoms with van der Waals surface area (Å²) in [6.45, 7) is 5.73. The molecule has 0 radical (unpaired) electrons. The molecule has 0 bridgehead atoms. The third kappa shape index (κ3) is 16.9. The molecule has 162 valence electrons. The highest BCUT2D eigenvalue weighted by atomic mass is 16.5. The maximum absolute atomic E-state index is 11.5. The van der Waals surface area contributed by atoms with Crippen LogP contribution in [0.25, 0.3) is 0 Å². The summed E-state index contributed by atoms with van der Waals surface area (Å²) in [6, 6.07) is -0.601. The molecule has 0 spiro atoms. The lowest BCUT2D eigenvalue weighted by Gasteiger charge is -2.08. The molecule has 10 nitrogen and oxygen atoms in total. The van der Waals surface area contributed by atoms with Crippen molar-refractivity contribution in [2.24, 2.45) is 0 Å². The van der Waals surface area contributed by atoms with E-state index in [2.05, 4.69) is 21.3 Å². The number of nitrogens with one attached hydrogen (secondary N) is 4. The van der Waals surface area contributed by atoms with E-state index in [4.69, 9.17) is 9.47 Å². The molecule has 0 saturated carbocycles. The Morgan fingerprint density at radius 3 is 1.29 bits per heavy atom. The van der Waals surface area contributed by atoms with E-state index < -0.39 is 0 Å². The van der Waals surface area contributed by atoms with Gasteiger partial charge in [-0.3, -0.25) is 9.59 Å². The minimum absolute atomic E-state index is 0.157. The van der Waals surface area contributed by atoms with Crippen molar-refractivity contribution in [3.63, 3.8) is 0 Å². The molecule has 0 aromatic heterocycles. The molecule has 28 heavy (non-hydrogen) atoms. The number of urea groups is 2. The van der Waals surface area contributed by atoms with Crippen LogP contribution in [0.4, 0.5) is 9.59 Å². The molecule has 0 atom stereocenters. The number of ether oxygens (including phenoxy) is 2. The molecule has 0 heterocycles. The van der Waals surface area contributed by atoms with Gasteiger partial charge < -0.3 is 30.7 Å². The molecule has 4 N–H and O–H groups in total. The molecule has 0 aliphatic carbocycles. The van der Waals surface area contributed by atoms with Crippen LogP contribution in [-0.2, 0) is 19.1 Å². The van der Waals surface area contributed by atoms with E-state index >= 15 is 0 Å². The van der Waals surface area contributed by atoms with Gasteiger partial charge in [0.2, 0.25) is 0 Å². The predicted molar refractivity (Wildman–Crippen MR) is 104 cm³/mol. The Bertz CT molecular complexity index is 431. The number of carbonyl (C=O) groups is 4. The summed E-state index contributed by atoms with van der Waals surface area (Å²) in [5.41, 5.74) is 0. The Hall–Kier alpha value is -2.52. The van der Waals surface area contributed by atoms with E-state index in [0.29, 0.717) is 26.3 Å². The minimum atomic E-state index is -0.330. The number of unbranched alkanes of at least 4 members (excludes halogenated alkanes) is 3. The maximum atomic E-state index is 11.5. The molecule has 4 amide bonds. The van der Waals surface area contributed by atoms with Crippen LogP contribution in [0, 0.1) is 0 Å². The Labute approximate surface area is 166 Å². The molecule has 0 aliphatic rings. The van der Waals surface area contributed by atoms with Crippen LogP contribution in [0.15, 0.2) is 0 Å². The third-order valence-corrected chi connectivity index (χ3v) is 3.51. The number of rotatable bonds is 15. The molecular weight excluding hydrogens is 368 g/mol. The zero-order valence-electron chi connectivity index (χ0n) is 16.9. The topological polar surface area (TPSA) is 135 Å². The average Bonchev–Trinajstić information content (AvgIpc) is 2.64. The van der Waals surface area contributed by atoms with E-state index in [1.165, 1.54) is 0 Å². The molecule has 0 fully saturated rings. The summed E-state index contributed by atoms with van der Waals surface area (Å²) in [5, 5.41) is 10.6. The quantitative estimate of drug-likeness (QED) is 0.239. The van der Waals surface area contributed by atoms with E-state index in [0.717, 1.165) is 25.7 Å². The number of hydrogen-bond donors (Lipinski definition) is 4. The molecule has 0 unspecified atom stereocenters. The van der Waals surface area contributed by atoms with Crippen LogP contribution >= 0.6 is 0 Å². The van der Waals surface area contributed by atoms with Gasteiger partial charge in [-0.15, -0.1) is 0 Å². The average molecular weight is 402 g/mol. The zero-order chi connectivity index (χ0) is 21.0. The number of amides is 4. The molecule has 0 rings (SSSR count). The number of esters is 2. The second-order valence-electron chi connectivity index (χ2n) is 5.89. The fraction of sp³-hybridized carbons (Fsp3) is 0.778. The van der Waals surface area contributed by atoms with Crippen LogP contribution in [0.5, 0.6) is 0 Å². The normalized spacial score (nSPS) is 9.93. The van der Waals surface area contributed by atoms with Crippen LogP contribution in [-0.4, -0.2) is 63.4 Å². The molecular formula is C18H34N4O6. The summed E-state index contributed by atoms with van der Waals surface area (Å²) in [4.78, 5) is 45.2. The van der Waals surface area contributed by atoms with Gasteiger partial charge in [-0.1, -0.05) is 12.8 Å². The second kappa shape index (κ2) is 17.9. The number of hydrogen-bond acceptors (Lipinski definition) is 6.